The Balaban J connectivity index is 0.762. The van der Waals surface area contributed by atoms with Crippen LogP contribution in [-0.2, 0) is 9.59 Å². The molecule has 0 radical (unpaired) electrons. The summed E-state index contributed by atoms with van der Waals surface area (Å²) in [5, 5.41) is 22.2. The number of halogens is 1. The molecule has 5 fully saturated rings. The van der Waals surface area contributed by atoms with Gasteiger partial charge in [0.15, 0.2) is 0 Å². The number of carbonyl (C=O) groups excluding carboxylic acids is 4. The van der Waals surface area contributed by atoms with Crippen LogP contribution in [0.4, 0.5) is 5.69 Å². The van der Waals surface area contributed by atoms with Crippen molar-refractivity contribution < 1.29 is 34.1 Å². The molecule has 4 aromatic rings. The number of ether oxygens (including phenoxy) is 1. The number of alkyl halides is 1. The lowest BCUT2D eigenvalue weighted by Gasteiger charge is -2.53. The summed E-state index contributed by atoms with van der Waals surface area (Å²) < 4.78 is 6.26. The fraction of sp³-hybridized carbons (Fsp3) is 0.388. The van der Waals surface area contributed by atoms with E-state index in [0.717, 1.165) is 109 Å². The van der Waals surface area contributed by atoms with E-state index in [0.29, 0.717) is 48.0 Å². The molecule has 0 spiro atoms. The maximum absolute atomic E-state index is 13.5. The number of likely N-dealkylation sites (tertiary alicyclic amines) is 1. The molecule has 3 unspecified atom stereocenters. The van der Waals surface area contributed by atoms with Crippen molar-refractivity contribution in [3.8, 4) is 17.2 Å². The van der Waals surface area contributed by atoms with E-state index in [4.69, 9.17) is 16.3 Å². The number of hydrogen-bond donors (Lipinski definition) is 3. The summed E-state index contributed by atoms with van der Waals surface area (Å²) in [6.07, 6.45) is 5.39. The minimum atomic E-state index is -0.968. The van der Waals surface area contributed by atoms with E-state index in [1.807, 2.05) is 48.5 Å². The number of anilines is 1. The number of nitrogens with one attached hydrogen (secondary N) is 1. The zero-order valence-corrected chi connectivity index (χ0v) is 35.4. The van der Waals surface area contributed by atoms with Crippen LogP contribution in [0.1, 0.15) is 82.4 Å². The third-order valence-electron chi connectivity index (χ3n) is 13.4. The van der Waals surface area contributed by atoms with E-state index < -0.39 is 23.8 Å². The Hall–Kier alpha value is -5.69. The van der Waals surface area contributed by atoms with Gasteiger partial charge in [0.2, 0.25) is 11.8 Å². The van der Waals surface area contributed by atoms with Gasteiger partial charge in [0.25, 0.3) is 11.8 Å². The van der Waals surface area contributed by atoms with Gasteiger partial charge in [-0.3, -0.25) is 39.2 Å². The van der Waals surface area contributed by atoms with Crippen LogP contribution in [0.5, 0.6) is 17.2 Å². The minimum absolute atomic E-state index is 0.0976. The summed E-state index contributed by atoms with van der Waals surface area (Å²) in [7, 11) is 0. The first-order valence-corrected chi connectivity index (χ1v) is 22.4. The molecule has 0 aliphatic carbocycles. The Morgan fingerprint density at radius 3 is 2.02 bits per heavy atom. The molecule has 4 aromatic carbocycles. The number of carbonyl (C=O) groups is 4. The van der Waals surface area contributed by atoms with Crippen LogP contribution in [0.15, 0.2) is 91.0 Å². The second-order valence-corrected chi connectivity index (χ2v) is 17.6. The quantitative estimate of drug-likeness (QED) is 0.0772. The third-order valence-corrected chi connectivity index (χ3v) is 13.6. The van der Waals surface area contributed by atoms with Crippen LogP contribution in [0.3, 0.4) is 0 Å². The number of phenols is 2. The number of piperazine rings is 1. The molecule has 3 atom stereocenters. The summed E-state index contributed by atoms with van der Waals surface area (Å²) >= 11 is 6.32. The van der Waals surface area contributed by atoms with Gasteiger partial charge >= 0.3 is 0 Å². The van der Waals surface area contributed by atoms with Gasteiger partial charge in [0, 0.05) is 56.3 Å². The lowest BCUT2D eigenvalue weighted by atomic mass is 9.87. The van der Waals surface area contributed by atoms with Crippen molar-refractivity contribution >= 4 is 52.1 Å². The minimum Gasteiger partial charge on any atom is -0.508 e. The highest BCUT2D eigenvalue weighted by Gasteiger charge is 2.46. The molecule has 0 aromatic heterocycles. The Bertz CT molecular complexity index is 2360. The fourth-order valence-corrected chi connectivity index (χ4v) is 10.3. The second-order valence-electron chi connectivity index (χ2n) is 17.2. The summed E-state index contributed by atoms with van der Waals surface area (Å²) in [4.78, 5) is 59.6. The standard InChI is InChI=1S/C49H52ClN5O7/c50-22-19-41(32-1-10-38(56)11-2-32)46(33-3-12-39(57)13-4-33)34-5-14-40(15-6-34)62-26-25-52-23-20-31(21-24-52)28-53-29-37-8-7-36(53)30-54(37)35-9-16-42-43(27-35)49(61)55(48(42)60)44-17-18-45(58)51-47(44)59/h1-6,9-16,27,31,36-37,44,56-57H,7-8,17-26,28-30H2,(H,51,58,59). The Kier molecular flexibility index (Phi) is 12.1. The number of hydrogen-bond acceptors (Lipinski definition) is 10. The van der Waals surface area contributed by atoms with Gasteiger partial charge in [-0.15, -0.1) is 11.6 Å². The highest BCUT2D eigenvalue weighted by atomic mass is 35.5. The number of fused-ring (bicyclic) bond motifs is 4. The SMILES string of the molecule is O=C1CCC(N2C(=O)c3ccc(N4CC5CCC4CN5CC4CCN(CCOc5ccc(C(=C(CCCl)c6ccc(O)cc6)c6ccc(O)cc6)cc5)CC4)cc3C2=O)C(=O)N1. The molecule has 2 bridgehead atoms. The van der Waals surface area contributed by atoms with Crippen LogP contribution in [0, 0.1) is 5.92 Å². The summed E-state index contributed by atoms with van der Waals surface area (Å²) in [5.74, 6) is 0.351. The van der Waals surface area contributed by atoms with E-state index in [2.05, 4.69) is 32.1 Å². The Labute approximate surface area is 366 Å². The Morgan fingerprint density at radius 2 is 1.37 bits per heavy atom. The molecule has 62 heavy (non-hydrogen) atoms. The number of phenolic OH excluding ortho intramolecular Hbond substituents is 2. The van der Waals surface area contributed by atoms with E-state index in [-0.39, 0.29) is 30.2 Å². The topological polar surface area (TPSA) is 143 Å². The molecule has 13 heteroatoms. The van der Waals surface area contributed by atoms with Crippen molar-refractivity contribution in [2.24, 2.45) is 5.92 Å². The van der Waals surface area contributed by atoms with Crippen LogP contribution in [-0.4, -0.2) is 118 Å². The maximum Gasteiger partial charge on any atom is 0.262 e. The average Bonchev–Trinajstić information content (AvgIpc) is 3.53. The van der Waals surface area contributed by atoms with Crippen LogP contribution in [0.2, 0.25) is 0 Å². The van der Waals surface area contributed by atoms with Gasteiger partial charge in [-0.1, -0.05) is 36.4 Å². The highest BCUT2D eigenvalue weighted by molar-refractivity contribution is 6.23. The monoisotopic (exact) mass is 857 g/mol. The van der Waals surface area contributed by atoms with Crippen molar-refractivity contribution in [2.75, 3.05) is 56.7 Å². The van der Waals surface area contributed by atoms with Gasteiger partial charge < -0.3 is 19.8 Å². The molecule has 10 rings (SSSR count). The number of nitrogens with zero attached hydrogens (tertiary/aromatic N) is 4. The van der Waals surface area contributed by atoms with Crippen molar-refractivity contribution in [2.45, 2.75) is 63.1 Å². The number of benzene rings is 4. The lowest BCUT2D eigenvalue weighted by Crippen LogP contribution is -2.63. The molecule has 5 saturated heterocycles. The molecule has 6 aliphatic heterocycles. The highest BCUT2D eigenvalue weighted by Crippen LogP contribution is 2.39. The molecule has 3 N–H and O–H groups in total. The molecular formula is C49H52ClN5O7. The first-order chi connectivity index (χ1) is 30.1. The van der Waals surface area contributed by atoms with E-state index in [1.54, 1.807) is 30.3 Å². The average molecular weight is 858 g/mol. The maximum atomic E-state index is 13.5. The largest absolute Gasteiger partial charge is 0.508 e. The van der Waals surface area contributed by atoms with E-state index >= 15 is 0 Å². The lowest BCUT2D eigenvalue weighted by molar-refractivity contribution is -0.136. The zero-order valence-electron chi connectivity index (χ0n) is 34.7. The first kappa shape index (κ1) is 41.7. The number of allylic oxidation sites excluding steroid dienone is 1. The van der Waals surface area contributed by atoms with Crippen molar-refractivity contribution in [3.63, 3.8) is 0 Å². The fourth-order valence-electron chi connectivity index (χ4n) is 10.1. The van der Waals surface area contributed by atoms with E-state index in [9.17, 15) is 29.4 Å². The molecule has 322 valence electrons. The molecule has 6 aliphatic rings. The smallest absolute Gasteiger partial charge is 0.262 e. The van der Waals surface area contributed by atoms with Crippen molar-refractivity contribution in [1.29, 1.82) is 0 Å². The Morgan fingerprint density at radius 1 is 0.726 bits per heavy atom. The summed E-state index contributed by atoms with van der Waals surface area (Å²) in [6, 6.07) is 27.8. The van der Waals surface area contributed by atoms with Gasteiger partial charge in [0.1, 0.15) is 29.9 Å². The predicted octanol–water partition coefficient (Wildman–Crippen LogP) is 6.53. The molecule has 12 nitrogen and oxygen atoms in total. The number of aromatic hydroxyl groups is 2. The number of piperidine rings is 4. The number of amides is 4. The first-order valence-electron chi connectivity index (χ1n) is 21.8. The van der Waals surface area contributed by atoms with Crippen LogP contribution >= 0.6 is 11.6 Å². The molecular weight excluding hydrogens is 806 g/mol. The summed E-state index contributed by atoms with van der Waals surface area (Å²) in [5.41, 5.74) is 6.58. The summed E-state index contributed by atoms with van der Waals surface area (Å²) in [6.45, 7) is 6.47. The zero-order chi connectivity index (χ0) is 42.9. The van der Waals surface area contributed by atoms with Gasteiger partial charge in [-0.2, -0.15) is 0 Å². The second kappa shape index (κ2) is 18.0. The van der Waals surface area contributed by atoms with Gasteiger partial charge in [-0.05, 0) is 140 Å². The van der Waals surface area contributed by atoms with Crippen molar-refractivity contribution in [1.82, 2.24) is 20.0 Å². The van der Waals surface area contributed by atoms with Crippen LogP contribution < -0.4 is 15.0 Å². The van der Waals surface area contributed by atoms with Crippen molar-refractivity contribution in [3.05, 3.63) is 119 Å². The van der Waals surface area contributed by atoms with Gasteiger partial charge in [0.05, 0.1) is 11.1 Å². The number of imide groups is 2. The third kappa shape index (κ3) is 8.56. The molecule has 0 saturated carbocycles. The normalized spacial score (nSPS) is 22.5. The molecule has 4 amide bonds. The predicted molar refractivity (Wildman–Crippen MR) is 237 cm³/mol. The van der Waals surface area contributed by atoms with Crippen LogP contribution in [0.25, 0.3) is 11.1 Å². The van der Waals surface area contributed by atoms with Gasteiger partial charge in [-0.25, -0.2) is 0 Å². The molecule has 6 heterocycles. The van der Waals surface area contributed by atoms with E-state index in [1.165, 1.54) is 0 Å². The number of rotatable bonds is 13.